The van der Waals surface area contributed by atoms with Crippen molar-refractivity contribution in [2.75, 3.05) is 17.6 Å². The average Bonchev–Trinajstić information content (AvgIpc) is 2.92. The van der Waals surface area contributed by atoms with Crippen molar-refractivity contribution in [3.63, 3.8) is 0 Å². The van der Waals surface area contributed by atoms with Gasteiger partial charge in [0.05, 0.1) is 18.8 Å². The monoisotopic (exact) mass is 496 g/mol. The Bertz CT molecular complexity index is 1600. The number of hydrogen-bond donors (Lipinski definition) is 2. The first kappa shape index (κ1) is 24.9. The van der Waals surface area contributed by atoms with Crippen molar-refractivity contribution in [2.24, 2.45) is 0 Å². The molecule has 186 valence electrons. The molecule has 0 saturated carbocycles. The van der Waals surface area contributed by atoms with E-state index in [2.05, 4.69) is 10.3 Å². The predicted octanol–water partition coefficient (Wildman–Crippen LogP) is 3.01. The molecular formula is C27H24N6O4. The van der Waals surface area contributed by atoms with Gasteiger partial charge in [0, 0.05) is 12.7 Å². The van der Waals surface area contributed by atoms with Crippen molar-refractivity contribution in [1.82, 2.24) is 14.1 Å². The summed E-state index contributed by atoms with van der Waals surface area (Å²) in [5.74, 6) is -0.323. The van der Waals surface area contributed by atoms with E-state index in [9.17, 15) is 19.6 Å². The standard InChI is InChI=1S/C27H24N6O4/c1-2-32-26(35)23(24(29)33(27(32)36)17-18-9-4-3-5-10-18)21(34)16-31-20-12-6-7-13-22(20)37-25-19(15-28)11-8-14-30-25/h3-14,31H,2,16-17,29H2,1H3. The number of nitrogen functional groups attached to an aromatic ring is 1. The Morgan fingerprint density at radius 3 is 2.51 bits per heavy atom. The number of aromatic nitrogens is 3. The smallest absolute Gasteiger partial charge is 0.332 e. The molecule has 0 bridgehead atoms. The lowest BCUT2D eigenvalue weighted by molar-refractivity contribution is 0.100. The molecule has 2 aromatic carbocycles. The lowest BCUT2D eigenvalue weighted by atomic mass is 10.1. The summed E-state index contributed by atoms with van der Waals surface area (Å²) in [4.78, 5) is 43.3. The summed E-state index contributed by atoms with van der Waals surface area (Å²) in [6.45, 7) is 1.56. The number of ether oxygens (including phenoxy) is 1. The Hall–Kier alpha value is -5.17. The third-order valence-electron chi connectivity index (χ3n) is 5.67. The molecular weight excluding hydrogens is 472 g/mol. The number of carbonyl (C=O) groups is 1. The van der Waals surface area contributed by atoms with E-state index in [1.54, 1.807) is 43.3 Å². The van der Waals surface area contributed by atoms with Crippen molar-refractivity contribution in [2.45, 2.75) is 20.0 Å². The van der Waals surface area contributed by atoms with Crippen LogP contribution < -0.4 is 27.0 Å². The summed E-state index contributed by atoms with van der Waals surface area (Å²) in [6, 6.07) is 21.2. The minimum absolute atomic E-state index is 0.0857. The number of ketones is 1. The number of nitrogens with zero attached hydrogens (tertiary/aromatic N) is 4. The highest BCUT2D eigenvalue weighted by molar-refractivity contribution is 6.02. The topological polar surface area (TPSA) is 145 Å². The minimum Gasteiger partial charge on any atom is -0.436 e. The number of para-hydroxylation sites is 2. The zero-order valence-corrected chi connectivity index (χ0v) is 20.0. The Kier molecular flexibility index (Phi) is 7.45. The predicted molar refractivity (Wildman–Crippen MR) is 139 cm³/mol. The summed E-state index contributed by atoms with van der Waals surface area (Å²) >= 11 is 0. The maximum atomic E-state index is 13.2. The molecule has 0 unspecified atom stereocenters. The van der Waals surface area contributed by atoms with Gasteiger partial charge in [-0.15, -0.1) is 0 Å². The molecule has 0 aliphatic heterocycles. The number of benzene rings is 2. The lowest BCUT2D eigenvalue weighted by Crippen LogP contribution is -2.44. The molecule has 0 amide bonds. The van der Waals surface area contributed by atoms with Crippen LogP contribution in [0.2, 0.25) is 0 Å². The minimum atomic E-state index is -0.738. The molecule has 0 radical (unpaired) electrons. The maximum absolute atomic E-state index is 13.2. The van der Waals surface area contributed by atoms with Gasteiger partial charge in [-0.2, -0.15) is 5.26 Å². The highest BCUT2D eigenvalue weighted by atomic mass is 16.5. The van der Waals surface area contributed by atoms with Crippen molar-refractivity contribution in [3.8, 4) is 17.7 Å². The molecule has 3 N–H and O–H groups in total. The second-order valence-corrected chi connectivity index (χ2v) is 8.01. The van der Waals surface area contributed by atoms with Gasteiger partial charge in [0.2, 0.25) is 5.88 Å². The summed E-state index contributed by atoms with van der Waals surface area (Å²) < 4.78 is 8.04. The van der Waals surface area contributed by atoms with Crippen LogP contribution in [-0.2, 0) is 13.1 Å². The highest BCUT2D eigenvalue weighted by Gasteiger charge is 2.22. The van der Waals surface area contributed by atoms with Gasteiger partial charge in [0.25, 0.3) is 5.56 Å². The Labute approximate surface area is 212 Å². The zero-order valence-electron chi connectivity index (χ0n) is 20.0. The lowest BCUT2D eigenvalue weighted by Gasteiger charge is -2.16. The van der Waals surface area contributed by atoms with Crippen molar-refractivity contribution >= 4 is 17.3 Å². The molecule has 0 fully saturated rings. The highest BCUT2D eigenvalue weighted by Crippen LogP contribution is 2.29. The van der Waals surface area contributed by atoms with E-state index in [4.69, 9.17) is 10.5 Å². The number of carbonyl (C=O) groups excluding carboxylic acids is 1. The number of nitrogens with one attached hydrogen (secondary N) is 1. The third kappa shape index (κ3) is 5.26. The molecule has 0 spiro atoms. The first-order chi connectivity index (χ1) is 17.9. The largest absolute Gasteiger partial charge is 0.436 e. The van der Waals surface area contributed by atoms with E-state index in [-0.39, 0.29) is 42.5 Å². The van der Waals surface area contributed by atoms with Crippen LogP contribution in [0.15, 0.2) is 82.5 Å². The fourth-order valence-corrected chi connectivity index (χ4v) is 3.80. The van der Waals surface area contributed by atoms with Gasteiger partial charge in [-0.25, -0.2) is 9.78 Å². The van der Waals surface area contributed by atoms with Crippen LogP contribution in [0.4, 0.5) is 11.5 Å². The van der Waals surface area contributed by atoms with E-state index in [1.165, 1.54) is 10.8 Å². The Morgan fingerprint density at radius 2 is 1.78 bits per heavy atom. The second kappa shape index (κ2) is 11.0. The van der Waals surface area contributed by atoms with Gasteiger partial charge in [0.15, 0.2) is 11.5 Å². The molecule has 37 heavy (non-hydrogen) atoms. The van der Waals surface area contributed by atoms with Crippen LogP contribution in [0.5, 0.6) is 11.6 Å². The molecule has 0 saturated heterocycles. The Morgan fingerprint density at radius 1 is 1.05 bits per heavy atom. The van der Waals surface area contributed by atoms with Gasteiger partial charge in [-0.3, -0.25) is 18.7 Å². The summed E-state index contributed by atoms with van der Waals surface area (Å²) in [7, 11) is 0. The maximum Gasteiger partial charge on any atom is 0.332 e. The molecule has 10 heteroatoms. The van der Waals surface area contributed by atoms with Crippen LogP contribution in [0, 0.1) is 11.3 Å². The summed E-state index contributed by atoms with van der Waals surface area (Å²) in [5, 5.41) is 12.3. The molecule has 0 aliphatic rings. The molecule has 10 nitrogen and oxygen atoms in total. The molecule has 4 aromatic rings. The van der Waals surface area contributed by atoms with Gasteiger partial charge in [-0.1, -0.05) is 42.5 Å². The number of pyridine rings is 1. The van der Waals surface area contributed by atoms with Crippen molar-refractivity contribution < 1.29 is 9.53 Å². The van der Waals surface area contributed by atoms with Gasteiger partial charge >= 0.3 is 5.69 Å². The third-order valence-corrected chi connectivity index (χ3v) is 5.67. The molecule has 2 heterocycles. The van der Waals surface area contributed by atoms with Crippen LogP contribution in [0.1, 0.15) is 28.4 Å². The summed E-state index contributed by atoms with van der Waals surface area (Å²) in [6.07, 6.45) is 1.50. The fourth-order valence-electron chi connectivity index (χ4n) is 3.80. The molecule has 4 rings (SSSR count). The Balaban J connectivity index is 1.63. The van der Waals surface area contributed by atoms with Crippen molar-refractivity contribution in [1.29, 1.82) is 5.26 Å². The van der Waals surface area contributed by atoms with E-state index >= 15 is 0 Å². The van der Waals surface area contributed by atoms with E-state index < -0.39 is 17.0 Å². The van der Waals surface area contributed by atoms with E-state index in [0.717, 1.165) is 10.1 Å². The number of Topliss-reactive ketones (excluding diaryl/α,β-unsaturated/α-hetero) is 1. The van der Waals surface area contributed by atoms with Crippen LogP contribution >= 0.6 is 0 Å². The quantitative estimate of drug-likeness (QED) is 0.336. The van der Waals surface area contributed by atoms with E-state index in [0.29, 0.717) is 11.4 Å². The first-order valence-corrected chi connectivity index (χ1v) is 11.5. The molecule has 2 aromatic heterocycles. The average molecular weight is 497 g/mol. The van der Waals surface area contributed by atoms with E-state index in [1.807, 2.05) is 36.4 Å². The summed E-state index contributed by atoms with van der Waals surface area (Å²) in [5.41, 5.74) is 6.13. The fraction of sp³-hybridized carbons (Fsp3) is 0.148. The first-order valence-electron chi connectivity index (χ1n) is 11.5. The van der Waals surface area contributed by atoms with Crippen molar-refractivity contribution in [3.05, 3.63) is 110 Å². The zero-order chi connectivity index (χ0) is 26.4. The van der Waals surface area contributed by atoms with Crippen LogP contribution in [0.25, 0.3) is 0 Å². The normalized spacial score (nSPS) is 10.5. The number of hydrogen-bond acceptors (Lipinski definition) is 8. The molecule has 0 atom stereocenters. The second-order valence-electron chi connectivity index (χ2n) is 8.01. The number of nitrogens with two attached hydrogens (primary N) is 1. The number of rotatable bonds is 9. The molecule has 0 aliphatic carbocycles. The van der Waals surface area contributed by atoms with Crippen LogP contribution in [0.3, 0.4) is 0 Å². The van der Waals surface area contributed by atoms with Crippen LogP contribution in [-0.4, -0.2) is 26.4 Å². The van der Waals surface area contributed by atoms with Gasteiger partial charge in [-0.05, 0) is 36.8 Å². The number of anilines is 2. The van der Waals surface area contributed by atoms with Gasteiger partial charge in [0.1, 0.15) is 23.0 Å². The SMILES string of the molecule is CCn1c(=O)c(C(=O)CNc2ccccc2Oc2ncccc2C#N)c(N)n(Cc2ccccc2)c1=O. The number of nitriles is 1. The van der Waals surface area contributed by atoms with Gasteiger partial charge < -0.3 is 15.8 Å².